The number of cyclic esters (lactones) is 1. The fourth-order valence-electron chi connectivity index (χ4n) is 4.78. The Morgan fingerprint density at radius 3 is 2.91 bits per heavy atom. The maximum Gasteiger partial charge on any atom is 0.338 e. The zero-order valence-electron chi connectivity index (χ0n) is 18.4. The number of fused-ring (bicyclic) bond motifs is 2. The van der Waals surface area contributed by atoms with Crippen LogP contribution in [-0.2, 0) is 27.3 Å². The Bertz CT molecular complexity index is 1210. The molecule has 0 radical (unpaired) electrons. The molecule has 174 valence electrons. The van der Waals surface area contributed by atoms with Crippen LogP contribution in [0.5, 0.6) is 0 Å². The van der Waals surface area contributed by atoms with Gasteiger partial charge in [-0.05, 0) is 39.8 Å². The van der Waals surface area contributed by atoms with Gasteiger partial charge in [-0.1, -0.05) is 12.1 Å². The number of benzene rings is 1. The van der Waals surface area contributed by atoms with Crippen molar-refractivity contribution in [2.75, 3.05) is 32.8 Å². The zero-order chi connectivity index (χ0) is 23.1. The Morgan fingerprint density at radius 1 is 1.15 bits per heavy atom. The smallest absolute Gasteiger partial charge is 0.338 e. The maximum atomic E-state index is 12.9. The van der Waals surface area contributed by atoms with Crippen molar-refractivity contribution in [2.24, 2.45) is 0 Å². The highest BCUT2D eigenvalue weighted by molar-refractivity contribution is 5.93. The second-order valence-corrected chi connectivity index (χ2v) is 8.76. The molecule has 0 bridgehead atoms. The summed E-state index contributed by atoms with van der Waals surface area (Å²) in [6.07, 6.45) is 3.41. The van der Waals surface area contributed by atoms with E-state index in [4.69, 9.17) is 9.47 Å². The first-order chi connectivity index (χ1) is 16.6. The molecule has 3 aliphatic heterocycles. The fraction of sp³-hybridized carbons (Fsp3) is 0.391. The van der Waals surface area contributed by atoms with Crippen molar-refractivity contribution >= 4 is 11.9 Å². The number of pyridine rings is 1. The number of amides is 1. The zero-order valence-corrected chi connectivity index (χ0v) is 18.4. The van der Waals surface area contributed by atoms with Crippen molar-refractivity contribution in [2.45, 2.75) is 25.2 Å². The van der Waals surface area contributed by atoms with Gasteiger partial charge in [0.1, 0.15) is 12.9 Å². The van der Waals surface area contributed by atoms with Crippen molar-refractivity contribution in [3.8, 4) is 5.82 Å². The van der Waals surface area contributed by atoms with Crippen molar-refractivity contribution in [1.82, 2.24) is 35.0 Å². The number of rotatable bonds is 4. The number of hydrogen-bond acceptors (Lipinski definition) is 9. The molecule has 2 saturated heterocycles. The van der Waals surface area contributed by atoms with E-state index in [2.05, 4.69) is 25.4 Å². The monoisotopic (exact) mass is 461 g/mol. The van der Waals surface area contributed by atoms with Gasteiger partial charge < -0.3 is 14.4 Å². The van der Waals surface area contributed by atoms with Crippen LogP contribution in [0, 0.1) is 0 Å². The number of esters is 1. The van der Waals surface area contributed by atoms with Crippen LogP contribution in [0.25, 0.3) is 5.82 Å². The summed E-state index contributed by atoms with van der Waals surface area (Å²) in [5.74, 6) is 0.430. The van der Waals surface area contributed by atoms with Gasteiger partial charge in [0.25, 0.3) is 0 Å². The van der Waals surface area contributed by atoms with Crippen LogP contribution in [-0.4, -0.2) is 85.7 Å². The first-order valence-corrected chi connectivity index (χ1v) is 11.3. The molecule has 1 amide bonds. The van der Waals surface area contributed by atoms with Gasteiger partial charge in [-0.2, -0.15) is 4.68 Å². The summed E-state index contributed by atoms with van der Waals surface area (Å²) >= 11 is 0. The van der Waals surface area contributed by atoms with Gasteiger partial charge in [-0.15, -0.1) is 5.10 Å². The summed E-state index contributed by atoms with van der Waals surface area (Å²) in [6.45, 7) is 3.79. The van der Waals surface area contributed by atoms with Crippen LogP contribution >= 0.6 is 0 Å². The van der Waals surface area contributed by atoms with Gasteiger partial charge in [-0.25, -0.2) is 9.78 Å². The van der Waals surface area contributed by atoms with Gasteiger partial charge in [0.15, 0.2) is 5.82 Å². The summed E-state index contributed by atoms with van der Waals surface area (Å²) in [7, 11) is 0. The van der Waals surface area contributed by atoms with Crippen molar-refractivity contribution in [3.05, 3.63) is 65.1 Å². The number of aromatic nitrogens is 5. The van der Waals surface area contributed by atoms with E-state index >= 15 is 0 Å². The topological polar surface area (TPSA) is 116 Å². The number of carbonyl (C=O) groups excluding carboxylic acids is 2. The molecule has 2 fully saturated rings. The Morgan fingerprint density at radius 2 is 2.09 bits per heavy atom. The van der Waals surface area contributed by atoms with Crippen LogP contribution in [0.2, 0.25) is 0 Å². The van der Waals surface area contributed by atoms with E-state index in [-0.39, 0.29) is 24.0 Å². The number of tetrazole rings is 1. The number of hydrogen-bond donors (Lipinski definition) is 0. The summed E-state index contributed by atoms with van der Waals surface area (Å²) in [4.78, 5) is 33.3. The predicted octanol–water partition coefficient (Wildman–Crippen LogP) is 0.555. The molecule has 3 aliphatic rings. The normalized spacial score (nSPS) is 22.2. The van der Waals surface area contributed by atoms with Crippen LogP contribution in [0.4, 0.5) is 0 Å². The number of piperazine rings is 1. The van der Waals surface area contributed by atoms with Crippen molar-refractivity contribution in [3.63, 3.8) is 0 Å². The second kappa shape index (κ2) is 8.58. The summed E-state index contributed by atoms with van der Waals surface area (Å²) < 4.78 is 12.8. The largest absolute Gasteiger partial charge is 0.457 e. The second-order valence-electron chi connectivity index (χ2n) is 8.76. The minimum Gasteiger partial charge on any atom is -0.457 e. The molecule has 0 unspecified atom stereocenters. The molecule has 1 aromatic carbocycles. The lowest BCUT2D eigenvalue weighted by molar-refractivity contribution is -0.139. The molecule has 5 heterocycles. The molecule has 0 saturated carbocycles. The van der Waals surface area contributed by atoms with E-state index < -0.39 is 0 Å². The van der Waals surface area contributed by atoms with Gasteiger partial charge in [-0.3, -0.25) is 9.69 Å². The molecule has 6 rings (SSSR count). The summed E-state index contributed by atoms with van der Waals surface area (Å²) in [5, 5.41) is 11.0. The first-order valence-electron chi connectivity index (χ1n) is 11.3. The molecular formula is C23H23N7O4. The minimum absolute atomic E-state index is 0.0516. The molecule has 34 heavy (non-hydrogen) atoms. The first kappa shape index (κ1) is 20.9. The van der Waals surface area contributed by atoms with E-state index in [1.807, 2.05) is 29.2 Å². The molecule has 0 aliphatic carbocycles. The predicted molar refractivity (Wildman–Crippen MR) is 117 cm³/mol. The minimum atomic E-state index is -0.258. The lowest BCUT2D eigenvalue weighted by atomic mass is 9.99. The third-order valence-electron chi connectivity index (χ3n) is 6.68. The van der Waals surface area contributed by atoms with E-state index in [9.17, 15) is 9.59 Å². The SMILES string of the molecule is O=C1OCc2cc([C@@H]3CN4CCN(C(=O)Cc5ccc(-n6cnnn6)nc5)C[C@H]4CO3)ccc21. The fourth-order valence-corrected chi connectivity index (χ4v) is 4.78. The van der Waals surface area contributed by atoms with Crippen molar-refractivity contribution < 1.29 is 19.1 Å². The number of nitrogens with zero attached hydrogens (tertiary/aromatic N) is 7. The van der Waals surface area contributed by atoms with Crippen LogP contribution in [0.15, 0.2) is 42.9 Å². The maximum absolute atomic E-state index is 12.9. The Hall–Kier alpha value is -3.70. The standard InChI is InChI=1S/C23H23N7O4/c31-22(7-15-1-4-21(24-9-15)30-14-25-26-27-30)29-6-5-28-11-20(33-13-18(28)10-29)16-2-3-19-17(8-16)12-34-23(19)32/h1-4,8-9,14,18,20H,5-7,10-13H2/t18-,20-/m0/s1. The third kappa shape index (κ3) is 3.93. The number of ether oxygens (including phenoxy) is 2. The molecular weight excluding hydrogens is 438 g/mol. The van der Waals surface area contributed by atoms with Gasteiger partial charge in [0.2, 0.25) is 5.91 Å². The average Bonchev–Trinajstić information content (AvgIpc) is 3.54. The van der Waals surface area contributed by atoms with Crippen molar-refractivity contribution in [1.29, 1.82) is 0 Å². The van der Waals surface area contributed by atoms with E-state index in [0.717, 1.165) is 29.8 Å². The molecule has 0 spiro atoms. The molecule has 3 aromatic rings. The lowest BCUT2D eigenvalue weighted by Crippen LogP contribution is -2.59. The van der Waals surface area contributed by atoms with Crippen LogP contribution in [0.3, 0.4) is 0 Å². The van der Waals surface area contributed by atoms with E-state index in [0.29, 0.717) is 44.1 Å². The summed E-state index contributed by atoms with van der Waals surface area (Å²) in [5.41, 5.74) is 3.48. The number of carbonyl (C=O) groups is 2. The Balaban J connectivity index is 1.05. The van der Waals surface area contributed by atoms with Gasteiger partial charge in [0, 0.05) is 37.9 Å². The highest BCUT2D eigenvalue weighted by atomic mass is 16.5. The molecule has 2 aromatic heterocycles. The molecule has 11 heteroatoms. The highest BCUT2D eigenvalue weighted by Crippen LogP contribution is 2.30. The molecule has 0 N–H and O–H groups in total. The van der Waals surface area contributed by atoms with Gasteiger partial charge in [0.05, 0.1) is 30.7 Å². The van der Waals surface area contributed by atoms with E-state index in [1.165, 1.54) is 11.0 Å². The third-order valence-corrected chi connectivity index (χ3v) is 6.68. The van der Waals surface area contributed by atoms with Gasteiger partial charge >= 0.3 is 5.97 Å². The van der Waals surface area contributed by atoms with Crippen LogP contribution in [0.1, 0.15) is 33.2 Å². The average molecular weight is 461 g/mol. The summed E-state index contributed by atoms with van der Waals surface area (Å²) in [6, 6.07) is 9.65. The molecule has 11 nitrogen and oxygen atoms in total. The lowest BCUT2D eigenvalue weighted by Gasteiger charge is -2.46. The van der Waals surface area contributed by atoms with E-state index in [1.54, 1.807) is 12.3 Å². The quantitative estimate of drug-likeness (QED) is 0.514. The highest BCUT2D eigenvalue weighted by Gasteiger charge is 2.36. The van der Waals surface area contributed by atoms with Crippen LogP contribution < -0.4 is 0 Å². The Labute approximate surface area is 195 Å². The molecule has 2 atom stereocenters. The Kier molecular flexibility index (Phi) is 5.27. The number of morpholine rings is 1.